The molecule has 1 heterocycles. The minimum absolute atomic E-state index is 0.292. The highest BCUT2D eigenvalue weighted by Gasteiger charge is 2.14. The molecule has 3 heteroatoms. The number of unbranched alkanes of at least 4 members (excludes halogenated alkanes) is 1. The normalized spacial score (nSPS) is 14.9. The summed E-state index contributed by atoms with van der Waals surface area (Å²) >= 11 is 0. The zero-order chi connectivity index (χ0) is 11.7. The Hall–Kier alpha value is -0.860. The molecule has 1 aliphatic rings. The third-order valence-corrected chi connectivity index (χ3v) is 2.51. The van der Waals surface area contributed by atoms with Gasteiger partial charge in [0.15, 0.2) is 0 Å². The standard InChI is InChI=1S/C7H14O.C5H9NO/c1-3-5-6-7(8)4-2;1-6-4-2-3-5(6)7/h3-6H2,1-2H3;2-4H2,1H3. The zero-order valence-corrected chi connectivity index (χ0v) is 10.2. The van der Waals surface area contributed by atoms with Gasteiger partial charge >= 0.3 is 0 Å². The van der Waals surface area contributed by atoms with Crippen molar-refractivity contribution in [3.63, 3.8) is 0 Å². The number of ketones is 1. The summed E-state index contributed by atoms with van der Waals surface area (Å²) in [7, 11) is 1.84. The van der Waals surface area contributed by atoms with E-state index in [9.17, 15) is 9.59 Å². The van der Waals surface area contributed by atoms with E-state index in [0.29, 0.717) is 18.1 Å². The molecule has 0 N–H and O–H groups in total. The van der Waals surface area contributed by atoms with E-state index >= 15 is 0 Å². The molecule has 0 bridgehead atoms. The number of carbonyl (C=O) groups is 2. The smallest absolute Gasteiger partial charge is 0.222 e. The summed E-state index contributed by atoms with van der Waals surface area (Å²) in [5, 5.41) is 0. The van der Waals surface area contributed by atoms with Crippen molar-refractivity contribution in [3.05, 3.63) is 0 Å². The molecule has 0 atom stereocenters. The summed E-state index contributed by atoms with van der Waals surface area (Å²) in [4.78, 5) is 22.8. The van der Waals surface area contributed by atoms with Gasteiger partial charge in [0.05, 0.1) is 0 Å². The minimum Gasteiger partial charge on any atom is -0.346 e. The summed E-state index contributed by atoms with van der Waals surface area (Å²) in [5.74, 6) is 0.687. The number of likely N-dealkylation sites (tertiary alicyclic amines) is 1. The molecular weight excluding hydrogens is 190 g/mol. The first-order chi connectivity index (χ1) is 7.11. The van der Waals surface area contributed by atoms with Gasteiger partial charge in [-0.1, -0.05) is 20.3 Å². The van der Waals surface area contributed by atoms with Gasteiger partial charge in [-0.15, -0.1) is 0 Å². The second-order valence-corrected chi connectivity index (χ2v) is 3.91. The van der Waals surface area contributed by atoms with Crippen molar-refractivity contribution >= 4 is 11.7 Å². The van der Waals surface area contributed by atoms with Crippen molar-refractivity contribution in [2.75, 3.05) is 13.6 Å². The lowest BCUT2D eigenvalue weighted by atomic mass is 10.1. The van der Waals surface area contributed by atoms with E-state index < -0.39 is 0 Å². The molecule has 88 valence electrons. The number of amides is 1. The predicted molar refractivity (Wildman–Crippen MR) is 61.7 cm³/mol. The maximum Gasteiger partial charge on any atom is 0.222 e. The van der Waals surface area contributed by atoms with E-state index in [1.54, 1.807) is 4.90 Å². The van der Waals surface area contributed by atoms with Crippen molar-refractivity contribution in [3.8, 4) is 0 Å². The molecule has 0 radical (unpaired) electrons. The minimum atomic E-state index is 0.292. The van der Waals surface area contributed by atoms with E-state index in [0.717, 1.165) is 38.6 Å². The molecule has 1 aliphatic heterocycles. The Kier molecular flexibility index (Phi) is 7.96. The third kappa shape index (κ3) is 7.11. The topological polar surface area (TPSA) is 37.4 Å². The molecule has 15 heavy (non-hydrogen) atoms. The highest BCUT2D eigenvalue weighted by molar-refractivity contribution is 5.78. The van der Waals surface area contributed by atoms with Gasteiger partial charge in [0, 0.05) is 32.9 Å². The van der Waals surface area contributed by atoms with E-state index in [1.165, 1.54) is 0 Å². The second kappa shape index (κ2) is 8.45. The first-order valence-electron chi connectivity index (χ1n) is 5.87. The number of Topliss-reactive ketones (excluding diaryl/α,β-unsaturated/α-hetero) is 1. The summed E-state index contributed by atoms with van der Waals surface area (Å²) in [5.41, 5.74) is 0. The predicted octanol–water partition coefficient (Wildman–Crippen LogP) is 2.39. The fourth-order valence-electron chi connectivity index (χ4n) is 1.33. The summed E-state index contributed by atoms with van der Waals surface area (Å²) in [6, 6.07) is 0. The molecule has 0 saturated carbocycles. The van der Waals surface area contributed by atoms with Crippen LogP contribution in [0.1, 0.15) is 52.4 Å². The Morgan fingerprint density at radius 2 is 2.07 bits per heavy atom. The van der Waals surface area contributed by atoms with Crippen molar-refractivity contribution in [1.29, 1.82) is 0 Å². The van der Waals surface area contributed by atoms with E-state index in [2.05, 4.69) is 6.92 Å². The average molecular weight is 213 g/mol. The third-order valence-electron chi connectivity index (χ3n) is 2.51. The highest BCUT2D eigenvalue weighted by Crippen LogP contribution is 2.04. The summed E-state index contributed by atoms with van der Waals surface area (Å²) in [6.45, 7) is 4.97. The Labute approximate surface area is 92.8 Å². The van der Waals surface area contributed by atoms with Crippen LogP contribution in [0.2, 0.25) is 0 Å². The van der Waals surface area contributed by atoms with Gasteiger partial charge in [-0.05, 0) is 12.8 Å². The van der Waals surface area contributed by atoms with E-state index in [-0.39, 0.29) is 0 Å². The van der Waals surface area contributed by atoms with Crippen molar-refractivity contribution in [2.24, 2.45) is 0 Å². The lowest BCUT2D eigenvalue weighted by molar-refractivity contribution is -0.126. The van der Waals surface area contributed by atoms with Crippen LogP contribution in [-0.4, -0.2) is 30.2 Å². The van der Waals surface area contributed by atoms with Gasteiger partial charge < -0.3 is 4.90 Å². The van der Waals surface area contributed by atoms with Crippen LogP contribution in [0.15, 0.2) is 0 Å². The molecule has 0 spiro atoms. The van der Waals surface area contributed by atoms with Crippen LogP contribution in [0, 0.1) is 0 Å². The number of hydrogen-bond acceptors (Lipinski definition) is 2. The van der Waals surface area contributed by atoms with Crippen molar-refractivity contribution in [1.82, 2.24) is 4.90 Å². The second-order valence-electron chi connectivity index (χ2n) is 3.91. The molecule has 1 saturated heterocycles. The molecule has 0 aliphatic carbocycles. The number of hydrogen-bond donors (Lipinski definition) is 0. The summed E-state index contributed by atoms with van der Waals surface area (Å²) < 4.78 is 0. The lowest BCUT2D eigenvalue weighted by Crippen LogP contribution is -2.17. The molecule has 0 unspecified atom stereocenters. The summed E-state index contributed by atoms with van der Waals surface area (Å²) in [6.07, 6.45) is 5.50. The van der Waals surface area contributed by atoms with Gasteiger partial charge in [0.2, 0.25) is 5.91 Å². The van der Waals surface area contributed by atoms with Gasteiger partial charge in [0.25, 0.3) is 0 Å². The number of rotatable bonds is 4. The lowest BCUT2D eigenvalue weighted by Gasteiger charge is -2.03. The number of nitrogens with zero attached hydrogens (tertiary/aromatic N) is 1. The number of carbonyl (C=O) groups excluding carboxylic acids is 2. The van der Waals surface area contributed by atoms with Gasteiger partial charge in [-0.25, -0.2) is 0 Å². The highest BCUT2D eigenvalue weighted by atomic mass is 16.2. The monoisotopic (exact) mass is 213 g/mol. The van der Waals surface area contributed by atoms with Crippen LogP contribution in [0.5, 0.6) is 0 Å². The van der Waals surface area contributed by atoms with Crippen LogP contribution < -0.4 is 0 Å². The van der Waals surface area contributed by atoms with Crippen LogP contribution in [0.25, 0.3) is 0 Å². The fourth-order valence-corrected chi connectivity index (χ4v) is 1.33. The van der Waals surface area contributed by atoms with E-state index in [4.69, 9.17) is 0 Å². The zero-order valence-electron chi connectivity index (χ0n) is 10.2. The van der Waals surface area contributed by atoms with Crippen molar-refractivity contribution < 1.29 is 9.59 Å². The van der Waals surface area contributed by atoms with Crippen LogP contribution in [-0.2, 0) is 9.59 Å². The molecular formula is C12H23NO2. The molecule has 3 nitrogen and oxygen atoms in total. The molecule has 0 aromatic carbocycles. The van der Waals surface area contributed by atoms with Gasteiger partial charge in [-0.2, -0.15) is 0 Å². The molecule has 0 aromatic rings. The van der Waals surface area contributed by atoms with Gasteiger partial charge in [0.1, 0.15) is 5.78 Å². The molecule has 1 amide bonds. The fraction of sp³-hybridized carbons (Fsp3) is 0.833. The largest absolute Gasteiger partial charge is 0.346 e. The molecule has 1 fully saturated rings. The van der Waals surface area contributed by atoms with Crippen LogP contribution in [0.3, 0.4) is 0 Å². The first-order valence-corrected chi connectivity index (χ1v) is 5.87. The van der Waals surface area contributed by atoms with Gasteiger partial charge in [-0.3, -0.25) is 9.59 Å². The Bertz CT molecular complexity index is 202. The van der Waals surface area contributed by atoms with Crippen LogP contribution in [0.4, 0.5) is 0 Å². The Balaban J connectivity index is 0.000000262. The average Bonchev–Trinajstić information content (AvgIpc) is 2.61. The SMILES string of the molecule is CCCCC(=O)CC.CN1CCCC1=O. The van der Waals surface area contributed by atoms with E-state index in [1.807, 2.05) is 14.0 Å². The molecule has 1 rings (SSSR count). The first kappa shape index (κ1) is 14.1. The van der Waals surface area contributed by atoms with Crippen LogP contribution >= 0.6 is 0 Å². The molecule has 0 aromatic heterocycles. The van der Waals surface area contributed by atoms with Crippen molar-refractivity contribution in [2.45, 2.75) is 52.4 Å². The Morgan fingerprint density at radius 1 is 1.40 bits per heavy atom. The Morgan fingerprint density at radius 3 is 2.33 bits per heavy atom. The maximum absolute atomic E-state index is 10.6. The maximum atomic E-state index is 10.6. The quantitative estimate of drug-likeness (QED) is 0.719.